The van der Waals surface area contributed by atoms with Crippen LogP contribution in [-0.2, 0) is 18.4 Å². The lowest BCUT2D eigenvalue weighted by Crippen LogP contribution is -2.45. The molecule has 0 aromatic rings. The highest BCUT2D eigenvalue weighted by Gasteiger charge is 2.23. The molecule has 0 aliphatic heterocycles. The first-order valence-electron chi connectivity index (χ1n) is 26.2. The fraction of sp³-hybridized carbons (Fsp3) is 0.904. The summed E-state index contributed by atoms with van der Waals surface area (Å²) < 4.78 is 23.3. The minimum atomic E-state index is -4.59. The number of phosphoric acid groups is 1. The number of hydrogen-bond acceptors (Lipinski definition) is 6. The van der Waals surface area contributed by atoms with Crippen molar-refractivity contribution >= 4 is 13.7 Å². The zero-order valence-electron chi connectivity index (χ0n) is 41.1. The number of carbonyl (C=O) groups is 1. The smallest absolute Gasteiger partial charge is 0.268 e. The number of allylic oxidation sites excluding steroid dienone is 3. The minimum absolute atomic E-state index is 0.000404. The molecule has 0 aromatic heterocycles. The summed E-state index contributed by atoms with van der Waals surface area (Å²) in [6.45, 7) is 4.67. The Bertz CT molecular complexity index is 1050. The molecule has 0 aliphatic rings. The van der Waals surface area contributed by atoms with Crippen molar-refractivity contribution in [2.24, 2.45) is 0 Å². The van der Waals surface area contributed by atoms with Crippen LogP contribution < -0.4 is 10.2 Å². The van der Waals surface area contributed by atoms with E-state index in [1.807, 2.05) is 27.2 Å². The molecule has 0 heterocycles. The predicted octanol–water partition coefficient (Wildman–Crippen LogP) is 14.6. The molecule has 0 radical (unpaired) electrons. The highest BCUT2D eigenvalue weighted by molar-refractivity contribution is 7.45. The monoisotopic (exact) mass is 883 g/mol. The molecule has 0 fully saturated rings. The summed E-state index contributed by atoms with van der Waals surface area (Å²) in [5.41, 5.74) is 0. The van der Waals surface area contributed by atoms with Gasteiger partial charge in [0.1, 0.15) is 13.2 Å². The maximum Gasteiger partial charge on any atom is 0.268 e. The maximum absolute atomic E-state index is 12.9. The maximum atomic E-state index is 12.9. The van der Waals surface area contributed by atoms with Gasteiger partial charge >= 0.3 is 0 Å². The zero-order valence-corrected chi connectivity index (χ0v) is 42.0. The normalized spacial score (nSPS) is 14.3. The Kier molecular flexibility index (Phi) is 43.5. The lowest BCUT2D eigenvalue weighted by molar-refractivity contribution is -0.870. The first-order valence-corrected chi connectivity index (χ1v) is 27.7. The Balaban J connectivity index is 4.29. The highest BCUT2D eigenvalue weighted by atomic mass is 31.2. The Hall–Kier alpha value is -1.02. The van der Waals surface area contributed by atoms with Crippen LogP contribution >= 0.6 is 7.82 Å². The van der Waals surface area contributed by atoms with Crippen molar-refractivity contribution < 1.29 is 32.9 Å². The van der Waals surface area contributed by atoms with Crippen LogP contribution in [0.25, 0.3) is 0 Å². The van der Waals surface area contributed by atoms with E-state index in [9.17, 15) is 19.4 Å². The number of aliphatic hydroxyl groups excluding tert-OH is 1. The predicted molar refractivity (Wildman–Crippen MR) is 261 cm³/mol. The van der Waals surface area contributed by atoms with Crippen molar-refractivity contribution in [3.63, 3.8) is 0 Å². The van der Waals surface area contributed by atoms with Crippen LogP contribution in [0.15, 0.2) is 24.3 Å². The van der Waals surface area contributed by atoms with E-state index in [1.54, 1.807) is 6.08 Å². The summed E-state index contributed by atoms with van der Waals surface area (Å²) >= 11 is 0. The molecule has 0 saturated carbocycles. The van der Waals surface area contributed by atoms with Crippen LogP contribution in [0.4, 0.5) is 0 Å². The van der Waals surface area contributed by atoms with Gasteiger partial charge < -0.3 is 28.8 Å². The van der Waals surface area contributed by atoms with Crippen molar-refractivity contribution in [3.05, 3.63) is 24.3 Å². The van der Waals surface area contributed by atoms with Crippen LogP contribution in [0.5, 0.6) is 0 Å². The summed E-state index contributed by atoms with van der Waals surface area (Å²) in [5.74, 6) is -0.199. The van der Waals surface area contributed by atoms with Gasteiger partial charge in [-0.3, -0.25) is 9.36 Å². The van der Waals surface area contributed by atoms with Crippen LogP contribution in [0.1, 0.15) is 251 Å². The average Bonchev–Trinajstić information content (AvgIpc) is 3.21. The average molecular weight is 883 g/mol. The fourth-order valence-corrected chi connectivity index (χ4v) is 8.46. The van der Waals surface area contributed by atoms with Crippen molar-refractivity contribution in [2.75, 3.05) is 40.9 Å². The highest BCUT2D eigenvalue weighted by Crippen LogP contribution is 2.38. The number of aliphatic hydroxyl groups is 1. The van der Waals surface area contributed by atoms with Crippen molar-refractivity contribution in [1.82, 2.24) is 5.32 Å². The molecule has 3 atom stereocenters. The van der Waals surface area contributed by atoms with Crippen LogP contribution in [0.2, 0.25) is 0 Å². The Labute approximate surface area is 379 Å². The molecule has 0 bridgehead atoms. The number of likely N-dealkylation sites (N-methyl/N-ethyl adjacent to an activating group) is 1. The van der Waals surface area contributed by atoms with E-state index in [2.05, 4.69) is 31.3 Å². The zero-order chi connectivity index (χ0) is 45.0. The molecule has 9 heteroatoms. The molecule has 0 aliphatic carbocycles. The Morgan fingerprint density at radius 2 is 0.902 bits per heavy atom. The topological polar surface area (TPSA) is 108 Å². The van der Waals surface area contributed by atoms with Gasteiger partial charge in [0.25, 0.3) is 7.82 Å². The van der Waals surface area contributed by atoms with E-state index in [0.717, 1.165) is 38.5 Å². The van der Waals surface area contributed by atoms with E-state index >= 15 is 0 Å². The molecule has 2 N–H and O–H groups in total. The number of unbranched alkanes of at least 4 members (excludes halogenated alkanes) is 33. The molecule has 61 heavy (non-hydrogen) atoms. The summed E-state index contributed by atoms with van der Waals surface area (Å²) in [4.78, 5) is 25.4. The van der Waals surface area contributed by atoms with Crippen LogP contribution in [0, 0.1) is 0 Å². The van der Waals surface area contributed by atoms with Gasteiger partial charge in [-0.2, -0.15) is 0 Å². The number of nitrogens with one attached hydrogen (secondary N) is 1. The molecular weight excluding hydrogens is 780 g/mol. The van der Waals surface area contributed by atoms with Gasteiger partial charge in [-0.25, -0.2) is 0 Å². The number of quaternary nitrogens is 1. The van der Waals surface area contributed by atoms with E-state index < -0.39 is 20.0 Å². The third-order valence-corrected chi connectivity index (χ3v) is 12.9. The third-order valence-electron chi connectivity index (χ3n) is 11.9. The number of carbonyl (C=O) groups excluding carboxylic acids is 1. The second-order valence-corrected chi connectivity index (χ2v) is 20.6. The number of rotatable bonds is 48. The quantitative estimate of drug-likeness (QED) is 0.0273. The number of hydrogen-bond donors (Lipinski definition) is 2. The lowest BCUT2D eigenvalue weighted by atomic mass is 10.0. The first-order chi connectivity index (χ1) is 29.5. The van der Waals surface area contributed by atoms with E-state index in [4.69, 9.17) is 9.05 Å². The first kappa shape index (κ1) is 60.0. The molecule has 0 rings (SSSR count). The van der Waals surface area contributed by atoms with Crippen molar-refractivity contribution in [2.45, 2.75) is 264 Å². The summed E-state index contributed by atoms with van der Waals surface area (Å²) in [6.07, 6.45) is 53.7. The minimum Gasteiger partial charge on any atom is -0.756 e. The largest absolute Gasteiger partial charge is 0.756 e. The SMILES string of the molecule is CCCCCCCCCCCC/C=C\CCCCCCCCCC(=O)NC(COP(=O)([O-])OCC[N+](C)(C)C)C(O)/C=C/CCCCCCCCCCCCCCCCCC. The molecular formula is C52H103N2O6P. The van der Waals surface area contributed by atoms with Crippen LogP contribution in [0.3, 0.4) is 0 Å². The molecule has 0 saturated heterocycles. The second-order valence-electron chi connectivity index (χ2n) is 19.2. The van der Waals surface area contributed by atoms with Crippen molar-refractivity contribution in [3.8, 4) is 0 Å². The number of phosphoric ester groups is 1. The molecule has 362 valence electrons. The summed E-state index contributed by atoms with van der Waals surface area (Å²) in [7, 11) is 1.27. The molecule has 8 nitrogen and oxygen atoms in total. The van der Waals surface area contributed by atoms with Crippen LogP contribution in [-0.4, -0.2) is 68.5 Å². The van der Waals surface area contributed by atoms with E-state index in [1.165, 1.54) is 193 Å². The van der Waals surface area contributed by atoms with Crippen molar-refractivity contribution in [1.29, 1.82) is 0 Å². The summed E-state index contributed by atoms with van der Waals surface area (Å²) in [6, 6.07) is -0.886. The van der Waals surface area contributed by atoms with Gasteiger partial charge in [0.05, 0.1) is 39.9 Å². The van der Waals surface area contributed by atoms with Gasteiger partial charge in [0.2, 0.25) is 5.91 Å². The standard InChI is InChI=1S/C52H103N2O6P/c1-6-8-10-12-14-16-18-20-22-24-26-27-28-30-32-34-36-38-40-42-44-46-52(56)53-50(49-60-61(57,58)59-48-47-54(3,4)5)51(55)45-43-41-39-37-35-33-31-29-25-23-21-19-17-15-13-11-9-7-2/h27-28,43,45,50-51,55H,6-26,29-42,44,46-49H2,1-5H3,(H-,53,56,57,58)/b28-27-,45-43+. The lowest BCUT2D eigenvalue weighted by Gasteiger charge is -2.29. The third kappa shape index (κ3) is 46.8. The summed E-state index contributed by atoms with van der Waals surface area (Å²) in [5, 5.41) is 13.8. The Morgan fingerprint density at radius 1 is 0.557 bits per heavy atom. The Morgan fingerprint density at radius 3 is 1.28 bits per heavy atom. The number of nitrogens with zero attached hydrogens (tertiary/aromatic N) is 1. The molecule has 3 unspecified atom stereocenters. The number of amides is 1. The molecule has 1 amide bonds. The van der Waals surface area contributed by atoms with Gasteiger partial charge in [-0.1, -0.05) is 224 Å². The van der Waals surface area contributed by atoms with Gasteiger partial charge in [-0.15, -0.1) is 0 Å². The fourth-order valence-electron chi connectivity index (χ4n) is 7.74. The molecule has 0 aromatic carbocycles. The van der Waals surface area contributed by atoms with E-state index in [-0.39, 0.29) is 19.1 Å². The van der Waals surface area contributed by atoms with E-state index in [0.29, 0.717) is 17.4 Å². The molecule has 0 spiro atoms. The van der Waals surface area contributed by atoms with Gasteiger partial charge in [0.15, 0.2) is 0 Å². The van der Waals surface area contributed by atoms with Gasteiger partial charge in [0, 0.05) is 6.42 Å². The second kappa shape index (κ2) is 44.2. The van der Waals surface area contributed by atoms with Gasteiger partial charge in [-0.05, 0) is 44.9 Å².